The molecular formula is C32H41N3O2. The number of aromatic nitrogens is 3. The lowest BCUT2D eigenvalue weighted by atomic mass is 10.0. The average molecular weight is 500 g/mol. The Morgan fingerprint density at radius 3 is 2.27 bits per heavy atom. The van der Waals surface area contributed by atoms with Crippen LogP contribution < -0.4 is 4.74 Å². The molecule has 2 aromatic carbocycles. The van der Waals surface area contributed by atoms with E-state index in [1.165, 1.54) is 25.7 Å². The van der Waals surface area contributed by atoms with Crippen LogP contribution >= 0.6 is 0 Å². The lowest BCUT2D eigenvalue weighted by Gasteiger charge is -2.17. The lowest BCUT2D eigenvalue weighted by Crippen LogP contribution is -2.17. The molecular weight excluding hydrogens is 458 g/mol. The minimum Gasteiger partial charge on any atom is -0.487 e. The van der Waals surface area contributed by atoms with E-state index in [1.54, 1.807) is 6.92 Å². The predicted molar refractivity (Wildman–Crippen MR) is 152 cm³/mol. The lowest BCUT2D eigenvalue weighted by molar-refractivity contribution is 0.167. The van der Waals surface area contributed by atoms with Gasteiger partial charge in [0.1, 0.15) is 11.4 Å². The van der Waals surface area contributed by atoms with Gasteiger partial charge < -0.3 is 9.84 Å². The maximum absolute atomic E-state index is 9.89. The summed E-state index contributed by atoms with van der Waals surface area (Å²) in [4.78, 5) is 4.69. The topological polar surface area (TPSA) is 59.7 Å². The van der Waals surface area contributed by atoms with Crippen LogP contribution in [0.2, 0.25) is 0 Å². The van der Waals surface area contributed by atoms with Crippen LogP contribution in [0.25, 0.3) is 27.9 Å². The second-order valence-corrected chi connectivity index (χ2v) is 10.2. The fraction of sp³-hybridized carbons (Fsp3) is 0.438. The van der Waals surface area contributed by atoms with Crippen molar-refractivity contribution >= 4 is 5.65 Å². The first-order valence-corrected chi connectivity index (χ1v) is 13.9. The quantitative estimate of drug-likeness (QED) is 0.222. The molecule has 1 N–H and O–H groups in total. The van der Waals surface area contributed by atoms with Crippen molar-refractivity contribution in [3.8, 4) is 28.0 Å². The van der Waals surface area contributed by atoms with Crippen molar-refractivity contribution in [3.05, 3.63) is 72.7 Å². The van der Waals surface area contributed by atoms with Crippen molar-refractivity contribution < 1.29 is 9.84 Å². The molecule has 196 valence electrons. The largest absolute Gasteiger partial charge is 0.487 e. The molecule has 1 unspecified atom stereocenters. The summed E-state index contributed by atoms with van der Waals surface area (Å²) in [5, 5.41) is 14.4. The molecule has 0 radical (unpaired) electrons. The maximum Gasteiger partial charge on any atom is 0.162 e. The van der Waals surface area contributed by atoms with E-state index in [2.05, 4.69) is 38.0 Å². The van der Waals surface area contributed by atoms with Crippen molar-refractivity contribution in [2.75, 3.05) is 0 Å². The van der Waals surface area contributed by atoms with Crippen LogP contribution in [0.1, 0.15) is 90.7 Å². The molecule has 5 nitrogen and oxygen atoms in total. The Balaban J connectivity index is 0.000000480. The molecule has 5 rings (SSSR count). The number of benzene rings is 2. The van der Waals surface area contributed by atoms with E-state index in [0.29, 0.717) is 0 Å². The Labute approximate surface area is 221 Å². The monoisotopic (exact) mass is 499 g/mol. The molecule has 0 bridgehead atoms. The highest BCUT2D eigenvalue weighted by Gasteiger charge is 2.44. The van der Waals surface area contributed by atoms with Crippen LogP contribution in [0.4, 0.5) is 0 Å². The average Bonchev–Trinajstić information content (AvgIpc) is 3.53. The molecule has 37 heavy (non-hydrogen) atoms. The van der Waals surface area contributed by atoms with Crippen molar-refractivity contribution in [1.82, 2.24) is 14.6 Å². The van der Waals surface area contributed by atoms with Crippen molar-refractivity contribution in [2.24, 2.45) is 0 Å². The molecule has 0 spiro atoms. The Bertz CT molecular complexity index is 1270. The third-order valence-corrected chi connectivity index (χ3v) is 7.03. The molecule has 1 aliphatic rings. The van der Waals surface area contributed by atoms with Gasteiger partial charge in [-0.15, -0.1) is 0 Å². The van der Waals surface area contributed by atoms with E-state index < -0.39 is 6.10 Å². The van der Waals surface area contributed by atoms with Gasteiger partial charge >= 0.3 is 0 Å². The second-order valence-electron chi connectivity index (χ2n) is 10.2. The molecule has 0 saturated heterocycles. The molecule has 0 amide bonds. The van der Waals surface area contributed by atoms with E-state index in [4.69, 9.17) is 9.72 Å². The number of unbranched alkanes of at least 4 members (excludes halogenated alkanes) is 3. The van der Waals surface area contributed by atoms with Crippen LogP contribution in [0.3, 0.4) is 0 Å². The zero-order valence-corrected chi connectivity index (χ0v) is 22.8. The zero-order valence-electron chi connectivity index (χ0n) is 22.8. The van der Waals surface area contributed by atoms with Crippen LogP contribution in [-0.4, -0.2) is 25.3 Å². The van der Waals surface area contributed by atoms with Gasteiger partial charge in [-0.25, -0.2) is 9.50 Å². The molecule has 1 saturated carbocycles. The first-order chi connectivity index (χ1) is 18.0. The van der Waals surface area contributed by atoms with Gasteiger partial charge in [-0.05, 0) is 61.1 Å². The minimum atomic E-state index is -0.509. The van der Waals surface area contributed by atoms with E-state index in [9.17, 15) is 5.11 Å². The van der Waals surface area contributed by atoms with Gasteiger partial charge in [0.05, 0.1) is 12.3 Å². The van der Waals surface area contributed by atoms with Crippen LogP contribution in [0, 0.1) is 0 Å². The summed E-state index contributed by atoms with van der Waals surface area (Å²) in [6.45, 7) is 8.44. The van der Waals surface area contributed by atoms with Gasteiger partial charge in [-0.2, -0.15) is 5.10 Å². The van der Waals surface area contributed by atoms with Gasteiger partial charge in [0.15, 0.2) is 5.65 Å². The van der Waals surface area contributed by atoms with Gasteiger partial charge in [0.25, 0.3) is 0 Å². The Hall–Kier alpha value is -3.18. The number of hydrogen-bond acceptors (Lipinski definition) is 4. The number of fused-ring (bicyclic) bond motifs is 1. The predicted octanol–water partition coefficient (Wildman–Crippen LogP) is 8.41. The zero-order chi connectivity index (χ0) is 26.3. The molecule has 1 fully saturated rings. The normalized spacial score (nSPS) is 14.6. The molecule has 1 aliphatic carbocycles. The highest BCUT2D eigenvalue weighted by Crippen LogP contribution is 2.44. The summed E-state index contributed by atoms with van der Waals surface area (Å²) < 4.78 is 8.05. The maximum atomic E-state index is 9.89. The van der Waals surface area contributed by atoms with E-state index in [0.717, 1.165) is 64.9 Å². The molecule has 2 heterocycles. The van der Waals surface area contributed by atoms with Crippen molar-refractivity contribution in [3.63, 3.8) is 0 Å². The first-order valence-electron chi connectivity index (χ1n) is 13.9. The number of aliphatic hydroxyl groups excluding tert-OH is 1. The standard InChI is InChI=1S/C26H27N3O2.C6H14/c1-3-11-26(12-13-26)31-23-9-7-19(8-10-23)22-15-27-25-24(16-28-29(25)17-22)21-6-4-5-20(14-21)18(2)30;1-3-5-6-4-2/h4-10,14-18,30H,3,11-13H2,1-2H3;3-6H2,1-2H3. The van der Waals surface area contributed by atoms with Crippen LogP contribution in [-0.2, 0) is 0 Å². The third-order valence-electron chi connectivity index (χ3n) is 7.03. The molecule has 2 aromatic heterocycles. The van der Waals surface area contributed by atoms with Crippen molar-refractivity contribution in [2.45, 2.75) is 90.8 Å². The first kappa shape index (κ1) is 26.9. The summed E-state index contributed by atoms with van der Waals surface area (Å²) in [5.74, 6) is 0.933. The van der Waals surface area contributed by atoms with Gasteiger partial charge in [-0.3, -0.25) is 0 Å². The van der Waals surface area contributed by atoms with Crippen LogP contribution in [0.5, 0.6) is 5.75 Å². The van der Waals surface area contributed by atoms with Gasteiger partial charge in [0, 0.05) is 23.5 Å². The fourth-order valence-corrected chi connectivity index (χ4v) is 4.66. The molecule has 1 atom stereocenters. The number of ether oxygens (including phenoxy) is 1. The van der Waals surface area contributed by atoms with Gasteiger partial charge in [-0.1, -0.05) is 83.2 Å². The van der Waals surface area contributed by atoms with E-state index in [1.807, 2.05) is 59.5 Å². The number of nitrogens with zero attached hydrogens (tertiary/aromatic N) is 3. The molecule has 4 aromatic rings. The van der Waals surface area contributed by atoms with Crippen molar-refractivity contribution in [1.29, 1.82) is 0 Å². The minimum absolute atomic E-state index is 0.0767. The number of rotatable bonds is 10. The highest BCUT2D eigenvalue weighted by molar-refractivity contribution is 5.78. The van der Waals surface area contributed by atoms with Gasteiger partial charge in [0.2, 0.25) is 0 Å². The third kappa shape index (κ3) is 6.78. The SMILES string of the molecule is CCCC1(Oc2ccc(-c3cnc4c(-c5cccc(C(C)O)c5)cnn4c3)cc2)CC1.CCCCCC. The Kier molecular flexibility index (Phi) is 8.99. The van der Waals surface area contributed by atoms with Crippen LogP contribution in [0.15, 0.2) is 67.1 Å². The summed E-state index contributed by atoms with van der Waals surface area (Å²) in [6.07, 6.45) is 15.3. The fourth-order valence-electron chi connectivity index (χ4n) is 4.66. The highest BCUT2D eigenvalue weighted by atomic mass is 16.5. The second kappa shape index (κ2) is 12.4. The van der Waals surface area contributed by atoms with E-state index >= 15 is 0 Å². The number of hydrogen-bond donors (Lipinski definition) is 1. The summed E-state index contributed by atoms with van der Waals surface area (Å²) in [5.41, 5.74) is 5.77. The summed E-state index contributed by atoms with van der Waals surface area (Å²) in [6, 6.07) is 16.1. The molecule has 0 aliphatic heterocycles. The summed E-state index contributed by atoms with van der Waals surface area (Å²) in [7, 11) is 0. The Morgan fingerprint density at radius 1 is 0.919 bits per heavy atom. The van der Waals surface area contributed by atoms with E-state index in [-0.39, 0.29) is 5.60 Å². The molecule has 5 heteroatoms. The summed E-state index contributed by atoms with van der Waals surface area (Å²) >= 11 is 0. The number of aliphatic hydroxyl groups is 1. The Morgan fingerprint density at radius 2 is 1.65 bits per heavy atom. The smallest absolute Gasteiger partial charge is 0.162 e.